The molecule has 2 aliphatic heterocycles. The Morgan fingerprint density at radius 1 is 1.42 bits per heavy atom. The van der Waals surface area contributed by atoms with Crippen molar-refractivity contribution in [1.82, 2.24) is 4.90 Å². The van der Waals surface area contributed by atoms with E-state index in [1.54, 1.807) is 7.11 Å². The molecule has 0 radical (unpaired) electrons. The van der Waals surface area contributed by atoms with E-state index >= 15 is 0 Å². The van der Waals surface area contributed by atoms with Crippen LogP contribution >= 0.6 is 0 Å². The molecule has 0 saturated carbocycles. The van der Waals surface area contributed by atoms with Crippen LogP contribution in [0.3, 0.4) is 0 Å². The molecular formula is C16H23NO2. The van der Waals surface area contributed by atoms with Gasteiger partial charge in [0.1, 0.15) is 5.75 Å². The van der Waals surface area contributed by atoms with E-state index in [4.69, 9.17) is 9.47 Å². The first-order valence-electron chi connectivity index (χ1n) is 7.32. The Balaban J connectivity index is 1.87. The number of fused-ring (bicyclic) bond motifs is 3. The molecule has 2 aliphatic rings. The lowest BCUT2D eigenvalue weighted by Gasteiger charge is -2.42. The van der Waals surface area contributed by atoms with Gasteiger partial charge in [-0.2, -0.15) is 0 Å². The van der Waals surface area contributed by atoms with Crippen molar-refractivity contribution >= 4 is 0 Å². The van der Waals surface area contributed by atoms with Crippen LogP contribution in [0.4, 0.5) is 0 Å². The molecule has 1 saturated heterocycles. The number of rotatable bonds is 3. The molecule has 104 valence electrons. The molecule has 0 bridgehead atoms. The van der Waals surface area contributed by atoms with Crippen molar-refractivity contribution in [2.24, 2.45) is 0 Å². The molecule has 3 heteroatoms. The number of likely N-dealkylation sites (tertiary alicyclic amines) is 1. The van der Waals surface area contributed by atoms with Gasteiger partial charge in [0, 0.05) is 19.0 Å². The third kappa shape index (κ3) is 2.49. The molecule has 0 aromatic heterocycles. The second-order valence-corrected chi connectivity index (χ2v) is 5.61. The van der Waals surface area contributed by atoms with Crippen LogP contribution in [-0.2, 0) is 11.3 Å². The van der Waals surface area contributed by atoms with Gasteiger partial charge in [-0.3, -0.25) is 0 Å². The number of piperidine rings is 1. The molecular weight excluding hydrogens is 238 g/mol. The first-order valence-corrected chi connectivity index (χ1v) is 7.32. The maximum atomic E-state index is 6.04. The van der Waals surface area contributed by atoms with Crippen LogP contribution in [0.25, 0.3) is 0 Å². The molecule has 0 aliphatic carbocycles. The number of hydrogen-bond donors (Lipinski definition) is 0. The van der Waals surface area contributed by atoms with E-state index in [1.165, 1.54) is 30.6 Å². The highest BCUT2D eigenvalue weighted by Crippen LogP contribution is 2.38. The minimum atomic E-state index is 0.396. The van der Waals surface area contributed by atoms with E-state index < -0.39 is 0 Å². The van der Waals surface area contributed by atoms with Gasteiger partial charge in [0.15, 0.2) is 0 Å². The molecule has 0 spiro atoms. The molecule has 0 unspecified atom stereocenters. The quantitative estimate of drug-likeness (QED) is 0.835. The maximum Gasteiger partial charge on any atom is 0.119 e. The lowest BCUT2D eigenvalue weighted by molar-refractivity contribution is -0.0311. The van der Waals surface area contributed by atoms with Gasteiger partial charge < -0.3 is 14.4 Å². The highest BCUT2D eigenvalue weighted by atomic mass is 16.5. The van der Waals surface area contributed by atoms with Crippen LogP contribution in [0.2, 0.25) is 0 Å². The zero-order valence-electron chi connectivity index (χ0n) is 11.9. The molecule has 1 aromatic carbocycles. The molecule has 3 nitrogen and oxygen atoms in total. The lowest BCUT2D eigenvalue weighted by Crippen LogP contribution is -2.45. The molecule has 1 aromatic rings. The molecule has 2 atom stereocenters. The van der Waals surface area contributed by atoms with Crippen LogP contribution < -0.4 is 4.74 Å². The summed E-state index contributed by atoms with van der Waals surface area (Å²) in [4.78, 5) is 2.57. The van der Waals surface area contributed by atoms with E-state index in [1.807, 2.05) is 6.07 Å². The van der Waals surface area contributed by atoms with E-state index in [0.717, 1.165) is 25.3 Å². The summed E-state index contributed by atoms with van der Waals surface area (Å²) >= 11 is 0. The predicted molar refractivity (Wildman–Crippen MR) is 75.7 cm³/mol. The summed E-state index contributed by atoms with van der Waals surface area (Å²) in [6.45, 7) is 6.50. The van der Waals surface area contributed by atoms with Gasteiger partial charge in [-0.25, -0.2) is 0 Å². The number of nitrogens with zero attached hydrogens (tertiary/aromatic N) is 1. The highest BCUT2D eigenvalue weighted by molar-refractivity contribution is 5.40. The second-order valence-electron chi connectivity index (χ2n) is 5.61. The number of hydrogen-bond acceptors (Lipinski definition) is 3. The fraction of sp³-hybridized carbons (Fsp3) is 0.625. The number of methoxy groups -OCH3 is 1. The highest BCUT2D eigenvalue weighted by Gasteiger charge is 2.35. The summed E-state index contributed by atoms with van der Waals surface area (Å²) < 4.78 is 11.4. The van der Waals surface area contributed by atoms with Crippen molar-refractivity contribution < 1.29 is 9.47 Å². The van der Waals surface area contributed by atoms with Gasteiger partial charge in [0.25, 0.3) is 0 Å². The fourth-order valence-electron chi connectivity index (χ4n) is 3.39. The van der Waals surface area contributed by atoms with E-state index in [0.29, 0.717) is 12.0 Å². The van der Waals surface area contributed by atoms with E-state index in [2.05, 4.69) is 24.0 Å². The van der Waals surface area contributed by atoms with E-state index in [9.17, 15) is 0 Å². The third-order valence-electron chi connectivity index (χ3n) is 4.38. The van der Waals surface area contributed by atoms with Gasteiger partial charge in [-0.15, -0.1) is 0 Å². The summed E-state index contributed by atoms with van der Waals surface area (Å²) in [6.07, 6.45) is 2.78. The van der Waals surface area contributed by atoms with Crippen molar-refractivity contribution in [2.75, 3.05) is 26.7 Å². The summed E-state index contributed by atoms with van der Waals surface area (Å²) in [6, 6.07) is 6.41. The minimum Gasteiger partial charge on any atom is -0.497 e. The maximum absolute atomic E-state index is 6.04. The smallest absolute Gasteiger partial charge is 0.119 e. The van der Waals surface area contributed by atoms with Crippen molar-refractivity contribution in [1.29, 1.82) is 0 Å². The molecule has 1 fully saturated rings. The normalized spacial score (nSPS) is 26.6. The molecule has 2 heterocycles. The predicted octanol–water partition coefficient (Wildman–Crippen LogP) is 2.79. The Morgan fingerprint density at radius 3 is 3.11 bits per heavy atom. The number of benzene rings is 1. The monoisotopic (exact) mass is 261 g/mol. The first-order chi connectivity index (χ1) is 9.31. The molecule has 19 heavy (non-hydrogen) atoms. The van der Waals surface area contributed by atoms with Crippen LogP contribution in [0, 0.1) is 0 Å². The van der Waals surface area contributed by atoms with Gasteiger partial charge in [0.05, 0.1) is 19.8 Å². The van der Waals surface area contributed by atoms with Crippen molar-refractivity contribution in [3.63, 3.8) is 0 Å². The van der Waals surface area contributed by atoms with Crippen LogP contribution in [0.5, 0.6) is 5.75 Å². The Kier molecular flexibility index (Phi) is 3.76. The van der Waals surface area contributed by atoms with Gasteiger partial charge >= 0.3 is 0 Å². The van der Waals surface area contributed by atoms with Crippen LogP contribution in [0.15, 0.2) is 18.2 Å². The van der Waals surface area contributed by atoms with Gasteiger partial charge in [-0.1, -0.05) is 13.0 Å². The number of ether oxygens (including phenoxy) is 2. The average molecular weight is 261 g/mol. The Bertz CT molecular complexity index is 446. The SMILES string of the molecule is CCCN1CC[C@@H]2OCc3ccc(OC)cc3[C@H]2C1. The summed E-state index contributed by atoms with van der Waals surface area (Å²) in [5.74, 6) is 1.48. The Morgan fingerprint density at radius 2 is 2.32 bits per heavy atom. The van der Waals surface area contributed by atoms with Crippen molar-refractivity contribution in [2.45, 2.75) is 38.4 Å². The Hall–Kier alpha value is -1.06. The summed E-state index contributed by atoms with van der Waals surface area (Å²) in [5.41, 5.74) is 2.77. The van der Waals surface area contributed by atoms with Gasteiger partial charge in [0.2, 0.25) is 0 Å². The van der Waals surface area contributed by atoms with Crippen molar-refractivity contribution in [3.05, 3.63) is 29.3 Å². The second kappa shape index (κ2) is 5.51. The summed E-state index contributed by atoms with van der Waals surface area (Å²) in [5, 5.41) is 0. The average Bonchev–Trinajstić information content (AvgIpc) is 2.47. The van der Waals surface area contributed by atoms with Crippen LogP contribution in [0.1, 0.15) is 36.8 Å². The topological polar surface area (TPSA) is 21.7 Å². The molecule has 3 rings (SSSR count). The molecule has 0 N–H and O–H groups in total. The fourth-order valence-corrected chi connectivity index (χ4v) is 3.39. The van der Waals surface area contributed by atoms with Crippen LogP contribution in [-0.4, -0.2) is 37.7 Å². The lowest BCUT2D eigenvalue weighted by atomic mass is 9.83. The standard InChI is InChI=1S/C16H23NO2/c1-3-7-17-8-6-16-15(10-17)14-9-13(18-2)5-4-12(14)11-19-16/h4-5,9,15-16H,3,6-8,10-11H2,1-2H3/t15-,16+/m1/s1. The van der Waals surface area contributed by atoms with E-state index in [-0.39, 0.29) is 0 Å². The summed E-state index contributed by atoms with van der Waals surface area (Å²) in [7, 11) is 1.74. The zero-order chi connectivity index (χ0) is 13.2. The molecule has 0 amide bonds. The van der Waals surface area contributed by atoms with Gasteiger partial charge in [-0.05, 0) is 42.6 Å². The Labute approximate surface area is 115 Å². The first kappa shape index (κ1) is 12.9. The zero-order valence-corrected chi connectivity index (χ0v) is 11.9. The third-order valence-corrected chi connectivity index (χ3v) is 4.38. The minimum absolute atomic E-state index is 0.396. The van der Waals surface area contributed by atoms with Crippen molar-refractivity contribution in [3.8, 4) is 5.75 Å². The largest absolute Gasteiger partial charge is 0.497 e.